The lowest BCUT2D eigenvalue weighted by molar-refractivity contribution is 0.305. The fraction of sp³-hybridized carbons (Fsp3) is 0.333. The number of halogens is 1. The van der Waals surface area contributed by atoms with E-state index in [1.807, 2.05) is 42.2 Å². The second kappa shape index (κ2) is 7.13. The molecule has 0 aromatic heterocycles. The molecule has 146 valence electrons. The summed E-state index contributed by atoms with van der Waals surface area (Å²) in [5.74, 6) is 0.772. The number of anilines is 1. The molecule has 1 aliphatic heterocycles. The van der Waals surface area contributed by atoms with Crippen molar-refractivity contribution in [1.82, 2.24) is 0 Å². The lowest BCUT2D eigenvalue weighted by Crippen LogP contribution is -2.58. The second-order valence-corrected chi connectivity index (χ2v) is 8.22. The number of nitrogens with two attached hydrogens (primary N) is 2. The molecule has 0 unspecified atom stereocenters. The van der Waals surface area contributed by atoms with Crippen LogP contribution in [0.1, 0.15) is 37.7 Å². The Morgan fingerprint density at radius 3 is 2.46 bits per heavy atom. The highest BCUT2D eigenvalue weighted by Crippen LogP contribution is 2.48. The van der Waals surface area contributed by atoms with Crippen LogP contribution in [0.5, 0.6) is 5.75 Å². The smallest absolute Gasteiger partial charge is 0.220 e. The molecule has 0 amide bonds. The fourth-order valence-corrected chi connectivity index (χ4v) is 4.77. The molecule has 1 saturated carbocycles. The molecule has 1 aliphatic carbocycles. The van der Waals surface area contributed by atoms with E-state index in [4.69, 9.17) is 16.5 Å². The van der Waals surface area contributed by atoms with Gasteiger partial charge in [-0.3, -0.25) is 4.90 Å². The molecule has 2 aromatic rings. The number of aliphatic imine (C=N–C) groups is 2. The molecule has 0 radical (unpaired) electrons. The summed E-state index contributed by atoms with van der Waals surface area (Å²) < 4.78 is 0.909. The first kappa shape index (κ1) is 18.8. The Morgan fingerprint density at radius 2 is 1.75 bits per heavy atom. The number of nitrogens with zero attached hydrogens (tertiary/aromatic N) is 3. The van der Waals surface area contributed by atoms with Gasteiger partial charge in [-0.25, -0.2) is 4.99 Å². The van der Waals surface area contributed by atoms with E-state index in [2.05, 4.69) is 20.9 Å². The van der Waals surface area contributed by atoms with Crippen molar-refractivity contribution in [3.63, 3.8) is 0 Å². The number of guanidine groups is 2. The Kier molecular flexibility index (Phi) is 4.79. The van der Waals surface area contributed by atoms with Gasteiger partial charge in [-0.1, -0.05) is 36.8 Å². The molecule has 28 heavy (non-hydrogen) atoms. The molecule has 0 atom stereocenters. The topological polar surface area (TPSA) is 100 Å². The van der Waals surface area contributed by atoms with Crippen molar-refractivity contribution >= 4 is 33.5 Å². The maximum Gasteiger partial charge on any atom is 0.220 e. The van der Waals surface area contributed by atoms with Crippen molar-refractivity contribution in [1.29, 1.82) is 0 Å². The number of para-hydroxylation sites is 1. The van der Waals surface area contributed by atoms with Gasteiger partial charge >= 0.3 is 0 Å². The van der Waals surface area contributed by atoms with Gasteiger partial charge < -0.3 is 16.6 Å². The van der Waals surface area contributed by atoms with Crippen LogP contribution in [0.15, 0.2) is 50.9 Å². The summed E-state index contributed by atoms with van der Waals surface area (Å²) in [7, 11) is 0. The number of benzene rings is 2. The quantitative estimate of drug-likeness (QED) is 0.648. The van der Waals surface area contributed by atoms with Crippen LogP contribution in [-0.4, -0.2) is 22.7 Å². The van der Waals surface area contributed by atoms with E-state index in [1.165, 1.54) is 6.42 Å². The molecule has 2 aliphatic rings. The molecule has 5 N–H and O–H groups in total. The minimum absolute atomic E-state index is 0.215. The van der Waals surface area contributed by atoms with Crippen LogP contribution < -0.4 is 16.4 Å². The Balaban J connectivity index is 1.98. The van der Waals surface area contributed by atoms with Crippen molar-refractivity contribution in [2.75, 3.05) is 4.90 Å². The van der Waals surface area contributed by atoms with Crippen LogP contribution in [0.25, 0.3) is 11.1 Å². The Hall–Kier alpha value is -2.54. The van der Waals surface area contributed by atoms with Crippen LogP contribution in [0.3, 0.4) is 0 Å². The number of rotatable bonds is 2. The van der Waals surface area contributed by atoms with Crippen LogP contribution in [0, 0.1) is 6.92 Å². The average molecular weight is 442 g/mol. The van der Waals surface area contributed by atoms with Crippen LogP contribution in [-0.2, 0) is 0 Å². The van der Waals surface area contributed by atoms with Crippen molar-refractivity contribution < 1.29 is 5.11 Å². The first-order chi connectivity index (χ1) is 13.4. The first-order valence-corrected chi connectivity index (χ1v) is 10.3. The van der Waals surface area contributed by atoms with Crippen molar-refractivity contribution in [3.05, 3.63) is 46.4 Å². The molecule has 1 fully saturated rings. The standard InChI is InChI=1S/C21H24BrN5O/c1-13-9-10-15(14-7-3-4-8-16(14)28)18(17(13)22)27-20(24)25-19(23)26-21(27)11-5-2-6-12-21/h3-4,7-10,28H,2,5-6,11-12H2,1H3,(H4,23,24,25,26). The molecule has 1 heterocycles. The van der Waals surface area contributed by atoms with E-state index in [9.17, 15) is 5.11 Å². The van der Waals surface area contributed by atoms with Gasteiger partial charge in [0.2, 0.25) is 11.9 Å². The Morgan fingerprint density at radius 1 is 1.04 bits per heavy atom. The maximum atomic E-state index is 10.5. The lowest BCUT2D eigenvalue weighted by Gasteiger charge is -2.46. The van der Waals surface area contributed by atoms with E-state index in [0.717, 1.165) is 52.5 Å². The number of phenols is 1. The van der Waals surface area contributed by atoms with E-state index in [-0.39, 0.29) is 11.7 Å². The summed E-state index contributed by atoms with van der Waals surface area (Å²) in [5, 5.41) is 10.5. The third kappa shape index (κ3) is 3.03. The minimum Gasteiger partial charge on any atom is -0.507 e. The first-order valence-electron chi connectivity index (χ1n) is 9.50. The van der Waals surface area contributed by atoms with Gasteiger partial charge in [-0.2, -0.15) is 4.99 Å². The van der Waals surface area contributed by atoms with Crippen LogP contribution in [0.4, 0.5) is 5.69 Å². The molecule has 6 nitrogen and oxygen atoms in total. The largest absolute Gasteiger partial charge is 0.507 e. The SMILES string of the molecule is Cc1ccc(-c2ccccc2O)c(N2C(N)=NC(N)=NC23CCCCC3)c1Br. The van der Waals surface area contributed by atoms with Gasteiger partial charge in [0.1, 0.15) is 11.4 Å². The summed E-state index contributed by atoms with van der Waals surface area (Å²) in [4.78, 5) is 11.1. The number of aromatic hydroxyl groups is 1. The molecule has 0 saturated heterocycles. The monoisotopic (exact) mass is 441 g/mol. The Labute approximate surface area is 173 Å². The van der Waals surface area contributed by atoms with Gasteiger partial charge in [0.25, 0.3) is 0 Å². The molecule has 1 spiro atoms. The second-order valence-electron chi connectivity index (χ2n) is 7.43. The number of phenolic OH excluding ortho intramolecular Hbond substituents is 1. The molecule has 7 heteroatoms. The van der Waals surface area contributed by atoms with Gasteiger partial charge in [-0.05, 0) is 60.2 Å². The highest BCUT2D eigenvalue weighted by Gasteiger charge is 2.44. The van der Waals surface area contributed by atoms with Crippen molar-refractivity contribution in [3.8, 4) is 16.9 Å². The van der Waals surface area contributed by atoms with E-state index in [0.29, 0.717) is 5.96 Å². The summed E-state index contributed by atoms with van der Waals surface area (Å²) in [6.07, 6.45) is 4.98. The molecular weight excluding hydrogens is 418 g/mol. The predicted octanol–water partition coefficient (Wildman–Crippen LogP) is 4.24. The van der Waals surface area contributed by atoms with Crippen molar-refractivity contribution in [2.45, 2.75) is 44.7 Å². The summed E-state index contributed by atoms with van der Waals surface area (Å²) >= 11 is 3.77. The van der Waals surface area contributed by atoms with Crippen LogP contribution >= 0.6 is 15.9 Å². The number of aryl methyl sites for hydroxylation is 1. The fourth-order valence-electron chi connectivity index (χ4n) is 4.25. The third-order valence-corrected chi connectivity index (χ3v) is 6.58. The summed E-state index contributed by atoms with van der Waals surface area (Å²) in [6, 6.07) is 11.3. The Bertz CT molecular complexity index is 979. The molecule has 4 rings (SSSR count). The molecule has 0 bridgehead atoms. The van der Waals surface area contributed by atoms with Crippen molar-refractivity contribution in [2.24, 2.45) is 21.5 Å². The minimum atomic E-state index is -0.552. The lowest BCUT2D eigenvalue weighted by atomic mass is 9.86. The predicted molar refractivity (Wildman–Crippen MR) is 118 cm³/mol. The highest BCUT2D eigenvalue weighted by atomic mass is 79.9. The van der Waals surface area contributed by atoms with E-state index < -0.39 is 5.66 Å². The zero-order valence-corrected chi connectivity index (χ0v) is 17.4. The van der Waals surface area contributed by atoms with Gasteiger partial charge in [0, 0.05) is 15.6 Å². The summed E-state index contributed by atoms with van der Waals surface area (Å²) in [6.45, 7) is 2.03. The summed E-state index contributed by atoms with van der Waals surface area (Å²) in [5.41, 5.74) is 15.4. The number of hydrogen-bond donors (Lipinski definition) is 3. The van der Waals surface area contributed by atoms with Gasteiger partial charge in [0.15, 0.2) is 0 Å². The van der Waals surface area contributed by atoms with E-state index in [1.54, 1.807) is 6.07 Å². The van der Waals surface area contributed by atoms with Crippen LogP contribution in [0.2, 0.25) is 0 Å². The average Bonchev–Trinajstić information content (AvgIpc) is 2.66. The highest BCUT2D eigenvalue weighted by molar-refractivity contribution is 9.10. The third-order valence-electron chi connectivity index (χ3n) is 5.58. The molecular formula is C21H24BrN5O. The van der Waals surface area contributed by atoms with Gasteiger partial charge in [0.05, 0.1) is 5.69 Å². The normalized spacial score (nSPS) is 18.7. The maximum absolute atomic E-state index is 10.5. The van der Waals surface area contributed by atoms with Gasteiger partial charge in [-0.15, -0.1) is 0 Å². The number of hydrogen-bond acceptors (Lipinski definition) is 6. The van der Waals surface area contributed by atoms with E-state index >= 15 is 0 Å². The zero-order valence-electron chi connectivity index (χ0n) is 15.8. The molecule has 2 aromatic carbocycles. The zero-order chi connectivity index (χ0) is 19.9.